The highest BCUT2D eigenvalue weighted by Crippen LogP contribution is 2.34. The molecule has 2 rings (SSSR count). The van der Waals surface area contributed by atoms with Crippen molar-refractivity contribution in [1.29, 1.82) is 0 Å². The fourth-order valence-corrected chi connectivity index (χ4v) is 4.62. The maximum Gasteiger partial charge on any atom is 0.762 e. The van der Waals surface area contributed by atoms with E-state index in [2.05, 4.69) is 74.5 Å². The van der Waals surface area contributed by atoms with Gasteiger partial charge in [0.25, 0.3) is 0 Å². The van der Waals surface area contributed by atoms with Crippen LogP contribution < -0.4 is 16.3 Å². The van der Waals surface area contributed by atoms with Crippen LogP contribution in [-0.2, 0) is 0 Å². The number of halogens is 4. The molecule has 1 nitrogen and oxygen atoms in total. The minimum atomic E-state index is -3.67. The standard InChI is InChI=1S/C17H22NP.BF3.FH/c1-14(2)17(18)13-19(15-9-5-3-6-10-15)16-11-7-4-8-12-16;2-1(3)4;/h3-12,14,17H,13,18H2,1-2H3;;1H/t17-;;/m1../s1. The lowest BCUT2D eigenvalue weighted by Crippen LogP contribution is -2.32. The first kappa shape index (κ1) is 22.6. The number of benzene rings is 2. The molecule has 0 fully saturated rings. The maximum atomic E-state index is 9.67. The molecule has 2 N–H and O–H groups in total. The van der Waals surface area contributed by atoms with E-state index in [1.54, 1.807) is 0 Å². The lowest BCUT2D eigenvalue weighted by molar-refractivity contribution is 0.534. The van der Waals surface area contributed by atoms with Crippen LogP contribution in [0.15, 0.2) is 60.7 Å². The van der Waals surface area contributed by atoms with Gasteiger partial charge in [-0.15, -0.1) is 0 Å². The largest absolute Gasteiger partial charge is 0.762 e. The van der Waals surface area contributed by atoms with E-state index in [-0.39, 0.29) is 18.7 Å². The van der Waals surface area contributed by atoms with E-state index in [0.29, 0.717) is 5.92 Å². The summed E-state index contributed by atoms with van der Waals surface area (Å²) in [6, 6.07) is 21.8. The average Bonchev–Trinajstić information content (AvgIpc) is 2.53. The Hall–Kier alpha value is -1.39. The van der Waals surface area contributed by atoms with Crippen molar-refractivity contribution in [3.63, 3.8) is 0 Å². The SMILES string of the molecule is CC(C)[C@H](N)CP(c1ccccc1)c1ccccc1.F.FB(F)F. The van der Waals surface area contributed by atoms with Crippen molar-refractivity contribution in [3.8, 4) is 0 Å². The molecular weight excluding hydrogens is 336 g/mol. The molecule has 0 aliphatic rings. The quantitative estimate of drug-likeness (QED) is 0.485. The van der Waals surface area contributed by atoms with Gasteiger partial charge in [-0.25, -0.2) is 0 Å². The van der Waals surface area contributed by atoms with Crippen LogP contribution in [-0.4, -0.2) is 19.7 Å². The molecule has 0 spiro atoms. The molecule has 2 aromatic rings. The van der Waals surface area contributed by atoms with Crippen molar-refractivity contribution in [1.82, 2.24) is 0 Å². The summed E-state index contributed by atoms with van der Waals surface area (Å²) in [5.41, 5.74) is 6.31. The second-order valence-electron chi connectivity index (χ2n) is 5.44. The molecule has 0 amide bonds. The lowest BCUT2D eigenvalue weighted by atomic mass is 10.1. The third-order valence-electron chi connectivity index (χ3n) is 3.39. The van der Waals surface area contributed by atoms with Crippen molar-refractivity contribution in [2.75, 3.05) is 6.16 Å². The molecular formula is C17H23BF4NP. The van der Waals surface area contributed by atoms with Gasteiger partial charge < -0.3 is 5.73 Å². The third kappa shape index (κ3) is 8.46. The van der Waals surface area contributed by atoms with Crippen LogP contribution in [0.5, 0.6) is 0 Å². The number of rotatable bonds is 5. The smallest absolute Gasteiger partial charge is 0.327 e. The molecule has 1 atom stereocenters. The minimum Gasteiger partial charge on any atom is -0.327 e. The zero-order chi connectivity index (χ0) is 17.2. The van der Waals surface area contributed by atoms with Crippen molar-refractivity contribution in [2.45, 2.75) is 19.9 Å². The van der Waals surface area contributed by atoms with Gasteiger partial charge in [0.15, 0.2) is 0 Å². The summed E-state index contributed by atoms with van der Waals surface area (Å²) in [6.45, 7) is 4.41. The highest BCUT2D eigenvalue weighted by atomic mass is 31.1. The Kier molecular flexibility index (Phi) is 11.4. The second-order valence-corrected chi connectivity index (χ2v) is 7.69. The molecule has 0 radical (unpaired) electrons. The zero-order valence-corrected chi connectivity index (χ0v) is 14.7. The van der Waals surface area contributed by atoms with Crippen molar-refractivity contribution >= 4 is 26.1 Å². The highest BCUT2D eigenvalue weighted by molar-refractivity contribution is 7.73. The van der Waals surface area contributed by atoms with Gasteiger partial charge in [0, 0.05) is 6.04 Å². The van der Waals surface area contributed by atoms with Gasteiger partial charge >= 0.3 is 7.54 Å². The Morgan fingerprint density at radius 1 is 0.875 bits per heavy atom. The average molecular weight is 359 g/mol. The van der Waals surface area contributed by atoms with Crippen LogP contribution >= 0.6 is 7.92 Å². The van der Waals surface area contributed by atoms with Gasteiger partial charge in [0.05, 0.1) is 0 Å². The molecule has 0 saturated heterocycles. The molecule has 0 aromatic heterocycles. The molecule has 0 saturated carbocycles. The number of nitrogens with two attached hydrogens (primary N) is 1. The van der Waals surface area contributed by atoms with Gasteiger partial charge in [-0.05, 0) is 30.6 Å². The molecule has 0 aliphatic heterocycles. The van der Waals surface area contributed by atoms with E-state index in [4.69, 9.17) is 5.73 Å². The first-order chi connectivity index (χ1) is 10.9. The summed E-state index contributed by atoms with van der Waals surface area (Å²) in [6.07, 6.45) is 1.06. The summed E-state index contributed by atoms with van der Waals surface area (Å²) < 4.78 is 29.0. The lowest BCUT2D eigenvalue weighted by Gasteiger charge is -2.24. The van der Waals surface area contributed by atoms with E-state index in [0.717, 1.165) is 6.16 Å². The number of hydrogen-bond donors (Lipinski definition) is 1. The Morgan fingerprint density at radius 2 is 1.21 bits per heavy atom. The maximum absolute atomic E-state index is 9.67. The summed E-state index contributed by atoms with van der Waals surface area (Å²) in [5, 5.41) is 2.83. The van der Waals surface area contributed by atoms with Crippen LogP contribution in [0.4, 0.5) is 17.7 Å². The molecule has 0 aliphatic carbocycles. The van der Waals surface area contributed by atoms with Crippen molar-refractivity contribution in [2.24, 2.45) is 11.7 Å². The Bertz CT molecular complexity index is 501. The van der Waals surface area contributed by atoms with E-state index in [1.165, 1.54) is 10.6 Å². The molecule has 24 heavy (non-hydrogen) atoms. The minimum absolute atomic E-state index is 0. The van der Waals surface area contributed by atoms with E-state index in [9.17, 15) is 12.9 Å². The van der Waals surface area contributed by atoms with Crippen LogP contribution in [0.25, 0.3) is 0 Å². The van der Waals surface area contributed by atoms with Crippen LogP contribution in [0.2, 0.25) is 0 Å². The molecule has 2 aromatic carbocycles. The van der Waals surface area contributed by atoms with Crippen LogP contribution in [0.3, 0.4) is 0 Å². The topological polar surface area (TPSA) is 26.0 Å². The first-order valence-electron chi connectivity index (χ1n) is 7.47. The fourth-order valence-electron chi connectivity index (χ4n) is 2.00. The highest BCUT2D eigenvalue weighted by Gasteiger charge is 2.18. The third-order valence-corrected chi connectivity index (χ3v) is 6.02. The summed E-state index contributed by atoms with van der Waals surface area (Å²) in [4.78, 5) is 0. The van der Waals surface area contributed by atoms with Gasteiger partial charge in [-0.1, -0.05) is 74.5 Å². The zero-order valence-electron chi connectivity index (χ0n) is 13.8. The summed E-state index contributed by atoms with van der Waals surface area (Å²) >= 11 is 0. The molecule has 0 unspecified atom stereocenters. The van der Waals surface area contributed by atoms with Gasteiger partial charge in [-0.3, -0.25) is 17.7 Å². The Morgan fingerprint density at radius 3 is 1.50 bits per heavy atom. The van der Waals surface area contributed by atoms with Crippen LogP contribution in [0, 0.1) is 5.92 Å². The van der Waals surface area contributed by atoms with E-state index < -0.39 is 7.54 Å². The number of hydrogen-bond acceptors (Lipinski definition) is 1. The molecule has 132 valence electrons. The Labute approximate surface area is 142 Å². The fraction of sp³-hybridized carbons (Fsp3) is 0.294. The predicted octanol–water partition coefficient (Wildman–Crippen LogP) is 4.13. The predicted molar refractivity (Wildman–Crippen MR) is 98.3 cm³/mol. The van der Waals surface area contributed by atoms with Crippen LogP contribution in [0.1, 0.15) is 13.8 Å². The van der Waals surface area contributed by atoms with Crippen molar-refractivity contribution in [3.05, 3.63) is 60.7 Å². The van der Waals surface area contributed by atoms with Gasteiger partial charge in [0.2, 0.25) is 0 Å². The summed E-state index contributed by atoms with van der Waals surface area (Å²) in [5.74, 6) is 0.525. The van der Waals surface area contributed by atoms with Crippen molar-refractivity contribution < 1.29 is 17.7 Å². The monoisotopic (exact) mass is 359 g/mol. The Balaban J connectivity index is 0.000000954. The second kappa shape index (κ2) is 12.0. The molecule has 0 heterocycles. The van der Waals surface area contributed by atoms with Gasteiger partial charge in [0.1, 0.15) is 0 Å². The first-order valence-corrected chi connectivity index (χ1v) is 9.00. The molecule has 7 heteroatoms. The normalized spacial score (nSPS) is 11.3. The summed E-state index contributed by atoms with van der Waals surface area (Å²) in [7, 11) is -4.01. The molecule has 0 bridgehead atoms. The van der Waals surface area contributed by atoms with E-state index in [1.807, 2.05) is 0 Å². The van der Waals surface area contributed by atoms with E-state index >= 15 is 0 Å². The van der Waals surface area contributed by atoms with Gasteiger partial charge in [-0.2, -0.15) is 0 Å².